The Kier molecular flexibility index (Phi) is 6.44. The second kappa shape index (κ2) is 9.09. The molecule has 2 aromatic heterocycles. The Morgan fingerprint density at radius 3 is 2.39 bits per heavy atom. The molecule has 0 aliphatic heterocycles. The van der Waals surface area contributed by atoms with Crippen molar-refractivity contribution in [2.75, 3.05) is 0 Å². The van der Waals surface area contributed by atoms with Crippen LogP contribution in [-0.2, 0) is 6.42 Å². The van der Waals surface area contributed by atoms with Crippen molar-refractivity contribution in [1.82, 2.24) is 19.7 Å². The molecule has 1 aliphatic carbocycles. The van der Waals surface area contributed by atoms with Crippen LogP contribution in [0.15, 0.2) is 30.3 Å². The van der Waals surface area contributed by atoms with Gasteiger partial charge in [-0.3, -0.25) is 4.79 Å². The molecule has 4 rings (SSSR count). The molecule has 1 N–H and O–H groups in total. The number of hydrogen-bond donors (Lipinski definition) is 1. The molecule has 1 fully saturated rings. The average molecular weight is 459 g/mol. The number of rotatable bonds is 5. The first-order chi connectivity index (χ1) is 14.9. The standard InChI is InChI=1S/C24H28Cl2N4O/c1-4-19-22(23(31)27-18-8-6-5-7-9-18)28-30(21-13-12-17(25)14-20(21)26)24(19)29-15(2)10-11-16(29)3/h10-14,18H,4-9H2,1-3H3,(H,27,31). The van der Waals surface area contributed by atoms with Crippen LogP contribution in [0.2, 0.25) is 10.0 Å². The highest BCUT2D eigenvalue weighted by Crippen LogP contribution is 2.31. The van der Waals surface area contributed by atoms with Gasteiger partial charge in [0, 0.05) is 28.0 Å². The molecule has 5 nitrogen and oxygen atoms in total. The number of benzene rings is 1. The molecule has 0 radical (unpaired) electrons. The molecule has 3 aromatic rings. The first kappa shape index (κ1) is 22.0. The number of nitrogens with zero attached hydrogens (tertiary/aromatic N) is 3. The molecule has 1 aliphatic rings. The van der Waals surface area contributed by atoms with Crippen LogP contribution in [0.5, 0.6) is 0 Å². The summed E-state index contributed by atoms with van der Waals surface area (Å²) in [5, 5.41) is 9.07. The van der Waals surface area contributed by atoms with E-state index in [9.17, 15) is 4.79 Å². The van der Waals surface area contributed by atoms with Crippen molar-refractivity contribution >= 4 is 29.1 Å². The van der Waals surface area contributed by atoms with E-state index in [1.807, 2.05) is 6.07 Å². The molecule has 31 heavy (non-hydrogen) atoms. The summed E-state index contributed by atoms with van der Waals surface area (Å²) < 4.78 is 3.92. The molecule has 0 unspecified atom stereocenters. The maximum absolute atomic E-state index is 13.3. The minimum atomic E-state index is -0.115. The highest BCUT2D eigenvalue weighted by atomic mass is 35.5. The molecule has 2 heterocycles. The Hall–Kier alpha value is -2.24. The summed E-state index contributed by atoms with van der Waals surface area (Å²) in [6.07, 6.45) is 6.29. The number of nitrogens with one attached hydrogen (secondary N) is 1. The van der Waals surface area contributed by atoms with Gasteiger partial charge in [0.25, 0.3) is 5.91 Å². The number of halogens is 2. The van der Waals surface area contributed by atoms with E-state index in [0.29, 0.717) is 27.8 Å². The van der Waals surface area contributed by atoms with Crippen LogP contribution in [0.4, 0.5) is 0 Å². The van der Waals surface area contributed by atoms with Crippen LogP contribution < -0.4 is 5.32 Å². The normalized spacial score (nSPS) is 14.7. The summed E-state index contributed by atoms with van der Waals surface area (Å²) in [5.41, 5.74) is 4.19. The maximum Gasteiger partial charge on any atom is 0.272 e. The van der Waals surface area contributed by atoms with Gasteiger partial charge >= 0.3 is 0 Å². The van der Waals surface area contributed by atoms with E-state index in [1.165, 1.54) is 6.42 Å². The quantitative estimate of drug-likeness (QED) is 0.493. The largest absolute Gasteiger partial charge is 0.348 e. The van der Waals surface area contributed by atoms with E-state index < -0.39 is 0 Å². The second-order valence-corrected chi connectivity index (χ2v) is 9.12. The van der Waals surface area contributed by atoms with Crippen molar-refractivity contribution in [3.8, 4) is 11.5 Å². The number of carbonyl (C=O) groups excluding carboxylic acids is 1. The maximum atomic E-state index is 13.3. The summed E-state index contributed by atoms with van der Waals surface area (Å²) in [7, 11) is 0. The van der Waals surface area contributed by atoms with E-state index >= 15 is 0 Å². The predicted octanol–water partition coefficient (Wildman–Crippen LogP) is 6.21. The zero-order valence-corrected chi connectivity index (χ0v) is 19.7. The smallest absolute Gasteiger partial charge is 0.272 e. The van der Waals surface area contributed by atoms with Gasteiger partial charge in [0.2, 0.25) is 0 Å². The van der Waals surface area contributed by atoms with Crippen molar-refractivity contribution < 1.29 is 4.79 Å². The van der Waals surface area contributed by atoms with Crippen molar-refractivity contribution in [3.05, 3.63) is 63.0 Å². The van der Waals surface area contributed by atoms with E-state index in [1.54, 1.807) is 16.8 Å². The first-order valence-corrected chi connectivity index (χ1v) is 11.7. The third-order valence-corrected chi connectivity index (χ3v) is 6.62. The molecule has 0 saturated heterocycles. The van der Waals surface area contributed by atoms with Gasteiger partial charge in [-0.25, -0.2) is 4.68 Å². The van der Waals surface area contributed by atoms with Crippen molar-refractivity contribution in [2.24, 2.45) is 0 Å². The fourth-order valence-corrected chi connectivity index (χ4v) is 4.99. The molecular formula is C24H28Cl2N4O. The number of aryl methyl sites for hydroxylation is 2. The highest BCUT2D eigenvalue weighted by molar-refractivity contribution is 6.35. The molecule has 7 heteroatoms. The van der Waals surface area contributed by atoms with Crippen molar-refractivity contribution in [1.29, 1.82) is 0 Å². The van der Waals surface area contributed by atoms with Gasteiger partial charge in [-0.05, 0) is 63.4 Å². The predicted molar refractivity (Wildman–Crippen MR) is 126 cm³/mol. The number of aromatic nitrogens is 3. The number of amides is 1. The minimum absolute atomic E-state index is 0.115. The van der Waals surface area contributed by atoms with Crippen LogP contribution in [0.1, 0.15) is 66.5 Å². The van der Waals surface area contributed by atoms with E-state index in [0.717, 1.165) is 48.5 Å². The zero-order chi connectivity index (χ0) is 22.1. The van der Waals surface area contributed by atoms with E-state index in [-0.39, 0.29) is 11.9 Å². The van der Waals surface area contributed by atoms with Crippen LogP contribution in [0.25, 0.3) is 11.5 Å². The SMILES string of the molecule is CCc1c(C(=O)NC2CCCCC2)nn(-c2ccc(Cl)cc2Cl)c1-n1c(C)ccc1C. The van der Waals surface area contributed by atoms with Crippen LogP contribution in [-0.4, -0.2) is 26.3 Å². The van der Waals surface area contributed by atoms with Gasteiger partial charge in [-0.1, -0.05) is 49.4 Å². The topological polar surface area (TPSA) is 51.9 Å². The fourth-order valence-electron chi connectivity index (χ4n) is 4.50. The molecule has 1 saturated carbocycles. The van der Waals surface area contributed by atoms with Gasteiger partial charge in [-0.2, -0.15) is 5.10 Å². The molecule has 1 amide bonds. The van der Waals surface area contributed by atoms with Crippen molar-refractivity contribution in [3.63, 3.8) is 0 Å². The summed E-state index contributed by atoms with van der Waals surface area (Å²) in [6.45, 7) is 6.16. The van der Waals surface area contributed by atoms with Gasteiger partial charge in [-0.15, -0.1) is 0 Å². The summed E-state index contributed by atoms with van der Waals surface area (Å²) >= 11 is 12.7. The van der Waals surface area contributed by atoms with Crippen molar-refractivity contribution in [2.45, 2.75) is 65.3 Å². The van der Waals surface area contributed by atoms with Gasteiger partial charge in [0.15, 0.2) is 5.69 Å². The minimum Gasteiger partial charge on any atom is -0.348 e. The fraction of sp³-hybridized carbons (Fsp3) is 0.417. The zero-order valence-electron chi connectivity index (χ0n) is 18.2. The first-order valence-electron chi connectivity index (χ1n) is 10.9. The average Bonchev–Trinajstić information content (AvgIpc) is 3.27. The lowest BCUT2D eigenvalue weighted by Gasteiger charge is -2.22. The summed E-state index contributed by atoms with van der Waals surface area (Å²) in [4.78, 5) is 13.3. The van der Waals surface area contributed by atoms with Gasteiger partial charge in [0.1, 0.15) is 5.82 Å². The Morgan fingerprint density at radius 2 is 1.77 bits per heavy atom. The van der Waals surface area contributed by atoms with Crippen LogP contribution in [0.3, 0.4) is 0 Å². The molecule has 0 atom stereocenters. The number of carbonyl (C=O) groups is 1. The Morgan fingerprint density at radius 1 is 1.10 bits per heavy atom. The van der Waals surface area contributed by atoms with Gasteiger partial charge in [0.05, 0.1) is 10.7 Å². The monoisotopic (exact) mass is 458 g/mol. The van der Waals surface area contributed by atoms with E-state index in [2.05, 4.69) is 42.8 Å². The Bertz CT molecular complexity index is 1090. The number of hydrogen-bond acceptors (Lipinski definition) is 2. The van der Waals surface area contributed by atoms with Crippen LogP contribution >= 0.6 is 23.2 Å². The summed E-state index contributed by atoms with van der Waals surface area (Å²) in [5.74, 6) is 0.733. The lowest BCUT2D eigenvalue weighted by atomic mass is 9.95. The third kappa shape index (κ3) is 4.26. The lowest BCUT2D eigenvalue weighted by molar-refractivity contribution is 0.0921. The van der Waals surface area contributed by atoms with Gasteiger partial charge < -0.3 is 9.88 Å². The Labute approximate surface area is 193 Å². The summed E-state index contributed by atoms with van der Waals surface area (Å²) in [6, 6.07) is 9.68. The highest BCUT2D eigenvalue weighted by Gasteiger charge is 2.27. The third-order valence-electron chi connectivity index (χ3n) is 6.09. The molecule has 164 valence electrons. The van der Waals surface area contributed by atoms with Crippen LogP contribution in [0, 0.1) is 13.8 Å². The molecular weight excluding hydrogens is 431 g/mol. The second-order valence-electron chi connectivity index (χ2n) is 8.27. The Balaban J connectivity index is 1.88. The van der Waals surface area contributed by atoms with E-state index in [4.69, 9.17) is 28.3 Å². The molecule has 1 aromatic carbocycles. The molecule has 0 bridgehead atoms. The lowest BCUT2D eigenvalue weighted by Crippen LogP contribution is -2.36. The molecule has 0 spiro atoms.